The summed E-state index contributed by atoms with van der Waals surface area (Å²) in [5.41, 5.74) is -0.872. The number of ketones is 1. The maximum absolute atomic E-state index is 11.4. The molecule has 0 radical (unpaired) electrons. The molecule has 1 unspecified atom stereocenters. The molecule has 4 nitrogen and oxygen atoms in total. The second-order valence-electron chi connectivity index (χ2n) is 3.80. The second kappa shape index (κ2) is 5.10. The van der Waals surface area contributed by atoms with Gasteiger partial charge in [-0.3, -0.25) is 9.59 Å². The lowest BCUT2D eigenvalue weighted by Crippen LogP contribution is -2.39. The first-order chi connectivity index (χ1) is 6.41. The van der Waals surface area contributed by atoms with E-state index in [1.807, 2.05) is 6.92 Å². The molecule has 0 aliphatic carbocycles. The van der Waals surface area contributed by atoms with Crippen molar-refractivity contribution < 1.29 is 19.4 Å². The summed E-state index contributed by atoms with van der Waals surface area (Å²) in [6.45, 7) is 4.59. The SMILES string of the molecule is CCC(C(=O)CO)C(C)(C)C(=O)OC. The molecule has 0 aromatic heterocycles. The molecule has 1 N–H and O–H groups in total. The van der Waals surface area contributed by atoms with Crippen molar-refractivity contribution in [1.29, 1.82) is 0 Å². The van der Waals surface area contributed by atoms with Crippen molar-refractivity contribution >= 4 is 11.8 Å². The zero-order chi connectivity index (χ0) is 11.4. The van der Waals surface area contributed by atoms with Gasteiger partial charge in [0.15, 0.2) is 5.78 Å². The molecule has 0 bridgehead atoms. The van der Waals surface area contributed by atoms with E-state index in [-0.39, 0.29) is 5.78 Å². The molecule has 4 heteroatoms. The Bertz CT molecular complexity index is 220. The number of carbonyl (C=O) groups is 2. The van der Waals surface area contributed by atoms with Gasteiger partial charge in [0.1, 0.15) is 6.61 Å². The Morgan fingerprint density at radius 2 is 1.93 bits per heavy atom. The Morgan fingerprint density at radius 3 is 2.21 bits per heavy atom. The minimum Gasteiger partial charge on any atom is -0.469 e. The maximum atomic E-state index is 11.4. The van der Waals surface area contributed by atoms with E-state index in [2.05, 4.69) is 4.74 Å². The van der Waals surface area contributed by atoms with Crippen molar-refractivity contribution in [3.63, 3.8) is 0 Å². The van der Waals surface area contributed by atoms with Gasteiger partial charge in [-0.15, -0.1) is 0 Å². The first-order valence-electron chi connectivity index (χ1n) is 4.63. The van der Waals surface area contributed by atoms with Crippen LogP contribution >= 0.6 is 0 Å². The van der Waals surface area contributed by atoms with Gasteiger partial charge in [0.2, 0.25) is 0 Å². The van der Waals surface area contributed by atoms with E-state index >= 15 is 0 Å². The van der Waals surface area contributed by atoms with Crippen LogP contribution in [0.5, 0.6) is 0 Å². The highest BCUT2D eigenvalue weighted by atomic mass is 16.5. The third-order valence-corrected chi connectivity index (χ3v) is 2.54. The standard InChI is InChI=1S/C10H18O4/c1-5-7(8(12)6-11)10(2,3)9(13)14-4/h7,11H,5-6H2,1-4H3. The van der Waals surface area contributed by atoms with Crippen LogP contribution in [0, 0.1) is 11.3 Å². The molecule has 0 saturated carbocycles. The van der Waals surface area contributed by atoms with Gasteiger partial charge in [0, 0.05) is 5.92 Å². The summed E-state index contributed by atoms with van der Waals surface area (Å²) in [7, 11) is 1.29. The molecular weight excluding hydrogens is 184 g/mol. The molecule has 0 aromatic rings. The number of hydrogen-bond donors (Lipinski definition) is 1. The molecule has 0 aliphatic rings. The maximum Gasteiger partial charge on any atom is 0.311 e. The van der Waals surface area contributed by atoms with Crippen LogP contribution in [0.3, 0.4) is 0 Å². The summed E-state index contributed by atoms with van der Waals surface area (Å²) in [6.07, 6.45) is 0.515. The normalized spacial score (nSPS) is 13.5. The van der Waals surface area contributed by atoms with Crippen molar-refractivity contribution in [3.8, 4) is 0 Å². The van der Waals surface area contributed by atoms with Gasteiger partial charge in [0.05, 0.1) is 12.5 Å². The molecule has 0 fully saturated rings. The van der Waals surface area contributed by atoms with Crippen molar-refractivity contribution in [2.45, 2.75) is 27.2 Å². The monoisotopic (exact) mass is 202 g/mol. The van der Waals surface area contributed by atoms with E-state index < -0.39 is 23.9 Å². The number of Topliss-reactive ketones (excluding diaryl/α,β-unsaturated/α-hetero) is 1. The van der Waals surface area contributed by atoms with Gasteiger partial charge < -0.3 is 9.84 Å². The lowest BCUT2D eigenvalue weighted by molar-refractivity contribution is -0.157. The lowest BCUT2D eigenvalue weighted by Gasteiger charge is -2.29. The van der Waals surface area contributed by atoms with Crippen LogP contribution in [0.1, 0.15) is 27.2 Å². The number of carbonyl (C=O) groups excluding carboxylic acids is 2. The Morgan fingerprint density at radius 1 is 1.43 bits per heavy atom. The zero-order valence-corrected chi connectivity index (χ0v) is 9.16. The number of esters is 1. The van der Waals surface area contributed by atoms with Crippen molar-refractivity contribution in [3.05, 3.63) is 0 Å². The summed E-state index contributed by atoms with van der Waals surface area (Å²) in [4.78, 5) is 22.8. The van der Waals surface area contributed by atoms with Crippen LogP contribution in [-0.2, 0) is 14.3 Å². The van der Waals surface area contributed by atoms with Gasteiger partial charge in [-0.2, -0.15) is 0 Å². The Hall–Kier alpha value is -0.900. The van der Waals surface area contributed by atoms with Crippen molar-refractivity contribution in [2.24, 2.45) is 11.3 Å². The number of aliphatic hydroxyl groups excluding tert-OH is 1. The molecule has 1 atom stereocenters. The van der Waals surface area contributed by atoms with Gasteiger partial charge in [-0.05, 0) is 20.3 Å². The summed E-state index contributed by atoms with van der Waals surface area (Å²) in [6, 6.07) is 0. The topological polar surface area (TPSA) is 63.6 Å². The lowest BCUT2D eigenvalue weighted by atomic mass is 9.75. The summed E-state index contributed by atoms with van der Waals surface area (Å²) < 4.78 is 4.62. The highest BCUT2D eigenvalue weighted by Crippen LogP contribution is 2.31. The number of aliphatic hydroxyl groups is 1. The van der Waals surface area contributed by atoms with Crippen LogP contribution in [-0.4, -0.2) is 30.6 Å². The Labute approximate surface area is 84.3 Å². The second-order valence-corrected chi connectivity index (χ2v) is 3.80. The van der Waals surface area contributed by atoms with E-state index in [1.165, 1.54) is 7.11 Å². The van der Waals surface area contributed by atoms with E-state index in [1.54, 1.807) is 13.8 Å². The molecule has 0 amide bonds. The Balaban J connectivity index is 4.82. The van der Waals surface area contributed by atoms with Crippen LogP contribution in [0.2, 0.25) is 0 Å². The van der Waals surface area contributed by atoms with E-state index in [0.717, 1.165) is 0 Å². The minimum atomic E-state index is -0.872. The molecule has 0 aromatic carbocycles. The quantitative estimate of drug-likeness (QED) is 0.669. The first-order valence-corrected chi connectivity index (χ1v) is 4.63. The highest BCUT2D eigenvalue weighted by Gasteiger charge is 2.40. The third kappa shape index (κ3) is 2.54. The van der Waals surface area contributed by atoms with Gasteiger partial charge in [0.25, 0.3) is 0 Å². The van der Waals surface area contributed by atoms with Crippen molar-refractivity contribution in [1.82, 2.24) is 0 Å². The number of ether oxygens (including phenoxy) is 1. The summed E-state index contributed by atoms with van der Waals surface area (Å²) in [5, 5.41) is 8.75. The molecular formula is C10H18O4. The first kappa shape index (κ1) is 13.1. The molecule has 0 heterocycles. The van der Waals surface area contributed by atoms with Crippen LogP contribution in [0.25, 0.3) is 0 Å². The smallest absolute Gasteiger partial charge is 0.311 e. The fourth-order valence-corrected chi connectivity index (χ4v) is 1.66. The molecule has 0 spiro atoms. The van der Waals surface area contributed by atoms with Crippen LogP contribution in [0.4, 0.5) is 0 Å². The van der Waals surface area contributed by atoms with Gasteiger partial charge in [-0.1, -0.05) is 6.92 Å². The molecule has 14 heavy (non-hydrogen) atoms. The summed E-state index contributed by atoms with van der Waals surface area (Å²) in [5.74, 6) is -1.23. The fourth-order valence-electron chi connectivity index (χ4n) is 1.66. The van der Waals surface area contributed by atoms with Gasteiger partial charge in [-0.25, -0.2) is 0 Å². The number of rotatable bonds is 5. The average Bonchev–Trinajstić information content (AvgIpc) is 2.16. The number of hydrogen-bond acceptors (Lipinski definition) is 4. The zero-order valence-electron chi connectivity index (χ0n) is 9.16. The van der Waals surface area contributed by atoms with E-state index in [9.17, 15) is 9.59 Å². The average molecular weight is 202 g/mol. The van der Waals surface area contributed by atoms with Gasteiger partial charge >= 0.3 is 5.97 Å². The largest absolute Gasteiger partial charge is 0.469 e. The minimum absolute atomic E-state index is 0.317. The van der Waals surface area contributed by atoms with Crippen LogP contribution < -0.4 is 0 Å². The van der Waals surface area contributed by atoms with Crippen LogP contribution in [0.15, 0.2) is 0 Å². The third-order valence-electron chi connectivity index (χ3n) is 2.54. The molecule has 0 saturated heterocycles. The Kier molecular flexibility index (Phi) is 4.77. The van der Waals surface area contributed by atoms with E-state index in [0.29, 0.717) is 6.42 Å². The van der Waals surface area contributed by atoms with E-state index in [4.69, 9.17) is 5.11 Å². The predicted octanol–water partition coefficient (Wildman–Crippen LogP) is 0.773. The predicted molar refractivity (Wildman–Crippen MR) is 51.7 cm³/mol. The fraction of sp³-hybridized carbons (Fsp3) is 0.800. The molecule has 0 aliphatic heterocycles. The summed E-state index contributed by atoms with van der Waals surface area (Å²) >= 11 is 0. The highest BCUT2D eigenvalue weighted by molar-refractivity contribution is 5.89. The molecule has 0 rings (SSSR count). The van der Waals surface area contributed by atoms with Crippen molar-refractivity contribution in [2.75, 3.05) is 13.7 Å². The number of methoxy groups -OCH3 is 1. The molecule has 82 valence electrons.